The Balaban J connectivity index is 3.13. The number of hydrogen-bond donors (Lipinski definition) is 1. The second-order valence-corrected chi connectivity index (χ2v) is 4.84. The van der Waals surface area contributed by atoms with Crippen molar-refractivity contribution in [1.82, 2.24) is 4.90 Å². The molecule has 20 heavy (non-hydrogen) atoms. The zero-order valence-corrected chi connectivity index (χ0v) is 11.7. The highest BCUT2D eigenvalue weighted by Gasteiger charge is 2.33. The van der Waals surface area contributed by atoms with Crippen molar-refractivity contribution in [2.75, 3.05) is 19.7 Å². The molecule has 1 aromatic carbocycles. The number of aryl methyl sites for hydroxylation is 3. The van der Waals surface area contributed by atoms with E-state index < -0.39 is 25.2 Å². The van der Waals surface area contributed by atoms with E-state index >= 15 is 0 Å². The van der Waals surface area contributed by atoms with E-state index in [2.05, 4.69) is 0 Å². The normalized spacial score (nSPS) is 11.6. The Hall–Kier alpha value is -1.56. The number of alkyl halides is 3. The van der Waals surface area contributed by atoms with E-state index in [1.165, 1.54) is 0 Å². The molecule has 0 saturated carbocycles. The molecular formula is C14H18F3NO2. The first-order valence-electron chi connectivity index (χ1n) is 6.20. The summed E-state index contributed by atoms with van der Waals surface area (Å²) in [6, 6.07) is 3.51. The number of hydrogen-bond acceptors (Lipinski definition) is 2. The van der Waals surface area contributed by atoms with Crippen LogP contribution in [0.1, 0.15) is 27.0 Å². The van der Waals surface area contributed by atoms with Gasteiger partial charge in [-0.15, -0.1) is 0 Å². The van der Waals surface area contributed by atoms with Crippen molar-refractivity contribution in [2.45, 2.75) is 26.9 Å². The molecule has 1 amide bonds. The highest BCUT2D eigenvalue weighted by atomic mass is 19.4. The summed E-state index contributed by atoms with van der Waals surface area (Å²) in [6.07, 6.45) is -4.49. The van der Waals surface area contributed by atoms with Gasteiger partial charge >= 0.3 is 6.18 Å². The van der Waals surface area contributed by atoms with Crippen LogP contribution in [0.15, 0.2) is 12.1 Å². The lowest BCUT2D eigenvalue weighted by atomic mass is 9.98. The lowest BCUT2D eigenvalue weighted by Gasteiger charge is -2.25. The number of aliphatic hydroxyl groups excluding tert-OH is 1. The maximum atomic E-state index is 12.5. The summed E-state index contributed by atoms with van der Waals surface area (Å²) in [6.45, 7) is 3.03. The summed E-state index contributed by atoms with van der Waals surface area (Å²) >= 11 is 0. The molecule has 0 bridgehead atoms. The molecule has 0 atom stereocenters. The second kappa shape index (κ2) is 6.26. The predicted octanol–water partition coefficient (Wildman–Crippen LogP) is 2.61. The van der Waals surface area contributed by atoms with Crippen LogP contribution >= 0.6 is 0 Å². The molecule has 1 N–H and O–H groups in total. The molecule has 1 aromatic rings. The summed E-state index contributed by atoms with van der Waals surface area (Å²) in [5, 5.41) is 8.85. The molecular weight excluding hydrogens is 271 g/mol. The van der Waals surface area contributed by atoms with E-state index in [4.69, 9.17) is 5.11 Å². The van der Waals surface area contributed by atoms with Gasteiger partial charge in [-0.2, -0.15) is 13.2 Å². The van der Waals surface area contributed by atoms with E-state index in [9.17, 15) is 18.0 Å². The lowest BCUT2D eigenvalue weighted by molar-refractivity contribution is -0.141. The van der Waals surface area contributed by atoms with E-state index in [0.717, 1.165) is 5.56 Å². The van der Waals surface area contributed by atoms with Crippen LogP contribution in [0.5, 0.6) is 0 Å². The van der Waals surface area contributed by atoms with Crippen LogP contribution in [-0.4, -0.2) is 41.8 Å². The third kappa shape index (κ3) is 4.23. The molecule has 0 heterocycles. The van der Waals surface area contributed by atoms with Crippen LogP contribution in [0.4, 0.5) is 13.2 Å². The van der Waals surface area contributed by atoms with Crippen LogP contribution in [-0.2, 0) is 0 Å². The van der Waals surface area contributed by atoms with E-state index in [0.29, 0.717) is 16.0 Å². The Bertz CT molecular complexity index is 475. The third-order valence-electron chi connectivity index (χ3n) is 2.92. The Morgan fingerprint density at radius 1 is 1.20 bits per heavy atom. The van der Waals surface area contributed by atoms with Crippen molar-refractivity contribution < 1.29 is 23.1 Å². The van der Waals surface area contributed by atoms with Crippen LogP contribution in [0, 0.1) is 20.8 Å². The molecule has 6 heteroatoms. The number of aliphatic hydroxyl groups is 1. The number of halogens is 3. The molecule has 0 spiro atoms. The van der Waals surface area contributed by atoms with Crippen LogP contribution < -0.4 is 0 Å². The fraction of sp³-hybridized carbons (Fsp3) is 0.500. The third-order valence-corrected chi connectivity index (χ3v) is 2.92. The number of benzene rings is 1. The zero-order chi connectivity index (χ0) is 15.5. The molecule has 0 aliphatic carbocycles. The van der Waals surface area contributed by atoms with Gasteiger partial charge in [0, 0.05) is 12.1 Å². The largest absolute Gasteiger partial charge is 0.406 e. The number of carbonyl (C=O) groups is 1. The highest BCUT2D eigenvalue weighted by molar-refractivity contribution is 5.97. The molecule has 0 unspecified atom stereocenters. The number of carbonyl (C=O) groups excluding carboxylic acids is 1. The average Bonchev–Trinajstić information content (AvgIpc) is 2.24. The first-order chi connectivity index (χ1) is 9.15. The fourth-order valence-electron chi connectivity index (χ4n) is 2.27. The van der Waals surface area contributed by atoms with Gasteiger partial charge in [0.1, 0.15) is 6.54 Å². The van der Waals surface area contributed by atoms with Crippen LogP contribution in [0.2, 0.25) is 0 Å². The molecule has 1 rings (SSSR count). The summed E-state index contributed by atoms with van der Waals surface area (Å²) in [4.78, 5) is 12.9. The van der Waals surface area contributed by atoms with Gasteiger partial charge < -0.3 is 10.0 Å². The SMILES string of the molecule is Cc1cc(C)c(C(=O)N(CCO)CC(F)(F)F)c(C)c1. The first-order valence-corrected chi connectivity index (χ1v) is 6.20. The molecule has 0 aliphatic heterocycles. The molecule has 0 aromatic heterocycles. The summed E-state index contributed by atoms with van der Waals surface area (Å²) in [5.74, 6) is -0.702. The predicted molar refractivity (Wildman–Crippen MR) is 69.7 cm³/mol. The smallest absolute Gasteiger partial charge is 0.395 e. The number of rotatable bonds is 4. The molecule has 0 aliphatic rings. The van der Waals surface area contributed by atoms with Crippen molar-refractivity contribution in [1.29, 1.82) is 0 Å². The average molecular weight is 289 g/mol. The van der Waals surface area contributed by atoms with Gasteiger partial charge in [0.15, 0.2) is 0 Å². The van der Waals surface area contributed by atoms with Gasteiger partial charge in [-0.05, 0) is 31.9 Å². The van der Waals surface area contributed by atoms with E-state index in [-0.39, 0.29) is 12.1 Å². The number of nitrogens with zero attached hydrogens (tertiary/aromatic N) is 1. The van der Waals surface area contributed by atoms with Crippen molar-refractivity contribution in [3.63, 3.8) is 0 Å². The monoisotopic (exact) mass is 289 g/mol. The van der Waals surface area contributed by atoms with Gasteiger partial charge in [0.2, 0.25) is 0 Å². The van der Waals surface area contributed by atoms with Crippen LogP contribution in [0.3, 0.4) is 0 Å². The molecule has 0 saturated heterocycles. The molecule has 0 radical (unpaired) electrons. The van der Waals surface area contributed by atoms with Gasteiger partial charge in [-0.25, -0.2) is 0 Å². The van der Waals surface area contributed by atoms with Gasteiger partial charge in [-0.3, -0.25) is 4.79 Å². The quantitative estimate of drug-likeness (QED) is 0.925. The Labute approximate surface area is 116 Å². The van der Waals surface area contributed by atoms with Crippen molar-refractivity contribution in [3.05, 3.63) is 34.4 Å². The van der Waals surface area contributed by atoms with Crippen LogP contribution in [0.25, 0.3) is 0 Å². The van der Waals surface area contributed by atoms with E-state index in [1.54, 1.807) is 26.0 Å². The highest BCUT2D eigenvalue weighted by Crippen LogP contribution is 2.22. The zero-order valence-electron chi connectivity index (χ0n) is 11.7. The maximum absolute atomic E-state index is 12.5. The lowest BCUT2D eigenvalue weighted by Crippen LogP contribution is -2.41. The fourth-order valence-corrected chi connectivity index (χ4v) is 2.27. The van der Waals surface area contributed by atoms with Gasteiger partial charge in [-0.1, -0.05) is 17.7 Å². The van der Waals surface area contributed by atoms with Crippen molar-refractivity contribution in [3.8, 4) is 0 Å². The Morgan fingerprint density at radius 3 is 2.10 bits per heavy atom. The number of amides is 1. The minimum Gasteiger partial charge on any atom is -0.395 e. The molecule has 3 nitrogen and oxygen atoms in total. The van der Waals surface area contributed by atoms with Crippen molar-refractivity contribution >= 4 is 5.91 Å². The van der Waals surface area contributed by atoms with E-state index in [1.807, 2.05) is 6.92 Å². The van der Waals surface area contributed by atoms with Crippen molar-refractivity contribution in [2.24, 2.45) is 0 Å². The topological polar surface area (TPSA) is 40.5 Å². The summed E-state index contributed by atoms with van der Waals surface area (Å²) in [7, 11) is 0. The maximum Gasteiger partial charge on any atom is 0.406 e. The minimum absolute atomic E-state index is 0.272. The summed E-state index contributed by atoms with van der Waals surface area (Å²) in [5.41, 5.74) is 2.49. The minimum atomic E-state index is -4.49. The van der Waals surface area contributed by atoms with Gasteiger partial charge in [0.25, 0.3) is 5.91 Å². The summed E-state index contributed by atoms with van der Waals surface area (Å²) < 4.78 is 37.5. The first kappa shape index (κ1) is 16.5. The van der Waals surface area contributed by atoms with Gasteiger partial charge in [0.05, 0.1) is 6.61 Å². The second-order valence-electron chi connectivity index (χ2n) is 4.84. The Morgan fingerprint density at radius 2 is 1.70 bits per heavy atom. The molecule has 0 fully saturated rings. The molecule has 112 valence electrons. The Kier molecular flexibility index (Phi) is 5.16. The standard InChI is InChI=1S/C14H18F3NO2/c1-9-6-10(2)12(11(3)7-9)13(20)18(4-5-19)8-14(15,16)17/h6-7,19H,4-5,8H2,1-3H3.